The van der Waals surface area contributed by atoms with Gasteiger partial charge in [-0.25, -0.2) is 9.97 Å². The molecule has 1 amide bonds. The van der Waals surface area contributed by atoms with Gasteiger partial charge >= 0.3 is 0 Å². The molecule has 1 atom stereocenters. The molecule has 5 heteroatoms. The second kappa shape index (κ2) is 6.23. The molecule has 0 aliphatic carbocycles. The van der Waals surface area contributed by atoms with Crippen molar-refractivity contribution in [3.8, 4) is 11.1 Å². The zero-order valence-electron chi connectivity index (χ0n) is 12.5. The number of carbonyl (C=O) groups is 1. The first-order valence-corrected chi connectivity index (χ1v) is 7.55. The minimum absolute atomic E-state index is 0.223. The molecule has 1 aromatic carbocycles. The lowest BCUT2D eigenvalue weighted by atomic mass is 9.74. The highest BCUT2D eigenvalue weighted by Gasteiger charge is 2.38. The molecule has 1 saturated heterocycles. The minimum Gasteiger partial charge on any atom is -0.369 e. The van der Waals surface area contributed by atoms with E-state index < -0.39 is 5.41 Å². The van der Waals surface area contributed by atoms with E-state index in [0.717, 1.165) is 36.1 Å². The number of hydrogen-bond acceptors (Lipinski definition) is 4. The lowest BCUT2D eigenvalue weighted by molar-refractivity contribution is -0.128. The third-order valence-electron chi connectivity index (χ3n) is 4.41. The van der Waals surface area contributed by atoms with E-state index in [-0.39, 0.29) is 5.91 Å². The summed E-state index contributed by atoms with van der Waals surface area (Å²) < 4.78 is 0. The van der Waals surface area contributed by atoms with Crippen LogP contribution in [-0.2, 0) is 11.2 Å². The number of nitrogens with zero attached hydrogens (tertiary/aromatic N) is 2. The number of aromatic nitrogens is 2. The van der Waals surface area contributed by atoms with E-state index in [0.29, 0.717) is 13.0 Å². The van der Waals surface area contributed by atoms with Crippen LogP contribution in [0.2, 0.25) is 0 Å². The van der Waals surface area contributed by atoms with E-state index in [1.807, 2.05) is 18.2 Å². The Hall–Kier alpha value is -2.27. The third-order valence-corrected chi connectivity index (χ3v) is 4.41. The lowest BCUT2D eigenvalue weighted by Crippen LogP contribution is -2.50. The lowest BCUT2D eigenvalue weighted by Gasteiger charge is -2.35. The highest BCUT2D eigenvalue weighted by Crippen LogP contribution is 2.34. The van der Waals surface area contributed by atoms with Gasteiger partial charge in [0.25, 0.3) is 0 Å². The highest BCUT2D eigenvalue weighted by atomic mass is 16.1. The molecule has 5 nitrogen and oxygen atoms in total. The predicted molar refractivity (Wildman–Crippen MR) is 84.9 cm³/mol. The summed E-state index contributed by atoms with van der Waals surface area (Å²) in [5, 5.41) is 3.31. The van der Waals surface area contributed by atoms with Crippen LogP contribution in [0.25, 0.3) is 11.1 Å². The standard InChI is InChI=1S/C17H20N4O/c18-16(22)17(6-3-7-19-11-17)8-13-4-1-2-5-15(13)14-9-20-12-21-10-14/h1-2,4-5,9-10,12,19H,3,6-8,11H2,(H2,18,22)/t17-/m0/s1. The molecular formula is C17H20N4O. The number of nitrogens with one attached hydrogen (secondary N) is 1. The summed E-state index contributed by atoms with van der Waals surface area (Å²) >= 11 is 0. The fraction of sp³-hybridized carbons (Fsp3) is 0.353. The van der Waals surface area contributed by atoms with Crippen molar-refractivity contribution in [3.05, 3.63) is 48.5 Å². The molecule has 0 radical (unpaired) electrons. The highest BCUT2D eigenvalue weighted by molar-refractivity contribution is 5.82. The van der Waals surface area contributed by atoms with Gasteiger partial charge in [0.15, 0.2) is 0 Å². The Morgan fingerprint density at radius 2 is 2.05 bits per heavy atom. The Balaban J connectivity index is 1.97. The van der Waals surface area contributed by atoms with Crippen molar-refractivity contribution < 1.29 is 4.79 Å². The summed E-state index contributed by atoms with van der Waals surface area (Å²) in [6.07, 6.45) is 7.54. The molecule has 0 spiro atoms. The average molecular weight is 296 g/mol. The molecular weight excluding hydrogens is 276 g/mol. The second-order valence-corrected chi connectivity index (χ2v) is 5.89. The zero-order valence-corrected chi connectivity index (χ0v) is 12.5. The van der Waals surface area contributed by atoms with Crippen molar-refractivity contribution >= 4 is 5.91 Å². The van der Waals surface area contributed by atoms with Gasteiger partial charge in [0.1, 0.15) is 6.33 Å². The molecule has 3 rings (SSSR count). The van der Waals surface area contributed by atoms with Crippen LogP contribution in [0, 0.1) is 5.41 Å². The quantitative estimate of drug-likeness (QED) is 0.897. The van der Waals surface area contributed by atoms with Crippen molar-refractivity contribution in [2.45, 2.75) is 19.3 Å². The van der Waals surface area contributed by atoms with Crippen molar-refractivity contribution in [2.75, 3.05) is 13.1 Å². The molecule has 1 fully saturated rings. The summed E-state index contributed by atoms with van der Waals surface area (Å²) in [5.74, 6) is -0.223. The number of rotatable bonds is 4. The maximum Gasteiger partial charge on any atom is 0.225 e. The van der Waals surface area contributed by atoms with Crippen LogP contribution < -0.4 is 11.1 Å². The first-order chi connectivity index (χ1) is 10.7. The largest absolute Gasteiger partial charge is 0.369 e. The fourth-order valence-corrected chi connectivity index (χ4v) is 3.17. The van der Waals surface area contributed by atoms with Gasteiger partial charge < -0.3 is 11.1 Å². The summed E-state index contributed by atoms with van der Waals surface area (Å²) in [7, 11) is 0. The Kier molecular flexibility index (Phi) is 4.15. The molecule has 2 heterocycles. The van der Waals surface area contributed by atoms with Gasteiger partial charge in [-0.3, -0.25) is 4.79 Å². The molecule has 0 saturated carbocycles. The molecule has 2 aromatic rings. The van der Waals surface area contributed by atoms with Crippen molar-refractivity contribution in [1.82, 2.24) is 15.3 Å². The van der Waals surface area contributed by atoms with Gasteiger partial charge in [-0.1, -0.05) is 24.3 Å². The minimum atomic E-state index is -0.510. The van der Waals surface area contributed by atoms with E-state index in [1.165, 1.54) is 6.33 Å². The van der Waals surface area contributed by atoms with Crippen molar-refractivity contribution in [3.63, 3.8) is 0 Å². The number of benzene rings is 1. The van der Waals surface area contributed by atoms with Crippen LogP contribution in [0.4, 0.5) is 0 Å². The molecule has 0 bridgehead atoms. The Morgan fingerprint density at radius 1 is 1.27 bits per heavy atom. The number of nitrogens with two attached hydrogens (primary N) is 1. The van der Waals surface area contributed by atoms with Crippen molar-refractivity contribution in [1.29, 1.82) is 0 Å². The first kappa shape index (κ1) is 14.7. The molecule has 114 valence electrons. The number of hydrogen-bond donors (Lipinski definition) is 2. The normalized spacial score (nSPS) is 21.5. The predicted octanol–water partition coefficient (Wildman–Crippen LogP) is 1.54. The second-order valence-electron chi connectivity index (χ2n) is 5.89. The summed E-state index contributed by atoms with van der Waals surface area (Å²) in [4.78, 5) is 20.3. The summed E-state index contributed by atoms with van der Waals surface area (Å²) in [6, 6.07) is 8.08. The Bertz CT molecular complexity index is 651. The van der Waals surface area contributed by atoms with Gasteiger partial charge in [0.05, 0.1) is 5.41 Å². The third kappa shape index (κ3) is 2.85. The van der Waals surface area contributed by atoms with Crippen LogP contribution in [0.15, 0.2) is 43.0 Å². The first-order valence-electron chi connectivity index (χ1n) is 7.55. The van der Waals surface area contributed by atoms with Crippen LogP contribution in [0.3, 0.4) is 0 Å². The van der Waals surface area contributed by atoms with E-state index in [2.05, 4.69) is 21.4 Å². The summed E-state index contributed by atoms with van der Waals surface area (Å²) in [5.41, 5.74) is 8.36. The van der Waals surface area contributed by atoms with E-state index in [9.17, 15) is 4.79 Å². The van der Waals surface area contributed by atoms with Crippen LogP contribution in [0.5, 0.6) is 0 Å². The Labute approximate surface area is 130 Å². The molecule has 1 aromatic heterocycles. The van der Waals surface area contributed by atoms with Gasteiger partial charge in [0.2, 0.25) is 5.91 Å². The number of amides is 1. The maximum atomic E-state index is 12.1. The molecule has 1 aliphatic heterocycles. The van der Waals surface area contributed by atoms with Gasteiger partial charge in [-0.05, 0) is 36.9 Å². The van der Waals surface area contributed by atoms with Crippen LogP contribution >= 0.6 is 0 Å². The van der Waals surface area contributed by atoms with E-state index >= 15 is 0 Å². The van der Waals surface area contributed by atoms with Crippen molar-refractivity contribution in [2.24, 2.45) is 11.1 Å². The van der Waals surface area contributed by atoms with Gasteiger partial charge in [-0.2, -0.15) is 0 Å². The topological polar surface area (TPSA) is 80.9 Å². The van der Waals surface area contributed by atoms with Crippen LogP contribution in [-0.4, -0.2) is 29.0 Å². The van der Waals surface area contributed by atoms with Crippen LogP contribution in [0.1, 0.15) is 18.4 Å². The molecule has 0 unspecified atom stereocenters. The summed E-state index contributed by atoms with van der Waals surface area (Å²) in [6.45, 7) is 1.59. The SMILES string of the molecule is NC(=O)[C@]1(Cc2ccccc2-c2cncnc2)CCCNC1. The van der Waals surface area contributed by atoms with E-state index in [1.54, 1.807) is 12.4 Å². The molecule has 1 aliphatic rings. The van der Waals surface area contributed by atoms with Gasteiger partial charge in [-0.15, -0.1) is 0 Å². The zero-order chi connectivity index (χ0) is 15.4. The monoisotopic (exact) mass is 296 g/mol. The maximum absolute atomic E-state index is 12.1. The molecule has 22 heavy (non-hydrogen) atoms. The fourth-order valence-electron chi connectivity index (χ4n) is 3.17. The number of piperidine rings is 1. The Morgan fingerprint density at radius 3 is 2.73 bits per heavy atom. The van der Waals surface area contributed by atoms with E-state index in [4.69, 9.17) is 5.73 Å². The smallest absolute Gasteiger partial charge is 0.225 e. The number of primary amides is 1. The van der Waals surface area contributed by atoms with Gasteiger partial charge in [0, 0.05) is 24.5 Å². The number of carbonyl (C=O) groups excluding carboxylic acids is 1. The average Bonchev–Trinajstić information content (AvgIpc) is 2.57. The molecule has 3 N–H and O–H groups in total.